The number of carbonyl (C=O) groups excluding carboxylic acids is 1. The molecule has 1 aliphatic rings. The van der Waals surface area contributed by atoms with Gasteiger partial charge in [-0.1, -0.05) is 37.1 Å². The Kier molecular flexibility index (Phi) is 6.20. The average molecular weight is 430 g/mol. The molecule has 2 heterocycles. The molecular formula is C21H23N3O3S2. The van der Waals surface area contributed by atoms with Gasteiger partial charge in [0.2, 0.25) is 0 Å². The molecule has 6 nitrogen and oxygen atoms in total. The molecule has 1 fully saturated rings. The smallest absolute Gasteiger partial charge is 0.191 e. The second kappa shape index (κ2) is 9.00. The van der Waals surface area contributed by atoms with Gasteiger partial charge in [0, 0.05) is 22.9 Å². The highest BCUT2D eigenvalue weighted by molar-refractivity contribution is 7.99. The summed E-state index contributed by atoms with van der Waals surface area (Å²) in [5.74, 6) is 0.516. The van der Waals surface area contributed by atoms with Gasteiger partial charge < -0.3 is 14.8 Å². The number of ketones is 1. The predicted molar refractivity (Wildman–Crippen MR) is 114 cm³/mol. The van der Waals surface area contributed by atoms with Gasteiger partial charge in [0.05, 0.1) is 5.75 Å². The first-order valence-electron chi connectivity index (χ1n) is 9.76. The van der Waals surface area contributed by atoms with Gasteiger partial charge in [0.15, 0.2) is 22.4 Å². The Bertz CT molecular complexity index is 979. The second-order valence-corrected chi connectivity index (χ2v) is 9.21. The van der Waals surface area contributed by atoms with Crippen LogP contribution in [0.15, 0.2) is 40.9 Å². The summed E-state index contributed by atoms with van der Waals surface area (Å²) in [6, 6.07) is 8.68. The van der Waals surface area contributed by atoms with E-state index in [1.165, 1.54) is 54.1 Å². The molecule has 29 heavy (non-hydrogen) atoms. The minimum Gasteiger partial charge on any atom is -0.504 e. The third-order valence-corrected chi connectivity index (χ3v) is 7.04. The summed E-state index contributed by atoms with van der Waals surface area (Å²) in [6.45, 7) is 0. The van der Waals surface area contributed by atoms with Crippen LogP contribution in [-0.4, -0.2) is 36.5 Å². The van der Waals surface area contributed by atoms with E-state index >= 15 is 0 Å². The Morgan fingerprint density at radius 1 is 1.14 bits per heavy atom. The fourth-order valence-electron chi connectivity index (χ4n) is 3.71. The number of phenols is 2. The van der Waals surface area contributed by atoms with Gasteiger partial charge in [0.25, 0.3) is 0 Å². The zero-order valence-electron chi connectivity index (χ0n) is 16.0. The first-order chi connectivity index (χ1) is 14.1. The first kappa shape index (κ1) is 20.0. The lowest BCUT2D eigenvalue weighted by Gasteiger charge is -2.25. The summed E-state index contributed by atoms with van der Waals surface area (Å²) in [5, 5.41) is 30.8. The van der Waals surface area contributed by atoms with Gasteiger partial charge in [-0.05, 0) is 42.5 Å². The molecule has 1 aliphatic carbocycles. The number of thioether (sulfide) groups is 1. The summed E-state index contributed by atoms with van der Waals surface area (Å²) in [4.78, 5) is 13.8. The van der Waals surface area contributed by atoms with Crippen LogP contribution in [0.3, 0.4) is 0 Å². The molecule has 8 heteroatoms. The first-order valence-corrected chi connectivity index (χ1v) is 11.6. The molecule has 0 bridgehead atoms. The summed E-state index contributed by atoms with van der Waals surface area (Å²) in [6.07, 6.45) is 6.66. The lowest BCUT2D eigenvalue weighted by Crippen LogP contribution is -2.17. The van der Waals surface area contributed by atoms with Gasteiger partial charge in [0.1, 0.15) is 5.82 Å². The van der Waals surface area contributed by atoms with Crippen molar-refractivity contribution in [2.75, 3.05) is 5.75 Å². The van der Waals surface area contributed by atoms with Crippen molar-refractivity contribution in [1.82, 2.24) is 14.8 Å². The van der Waals surface area contributed by atoms with E-state index < -0.39 is 0 Å². The van der Waals surface area contributed by atoms with Crippen molar-refractivity contribution in [2.45, 2.75) is 49.7 Å². The number of Topliss-reactive ketones (excluding diaryl/α,β-unsaturated/α-hetero) is 1. The highest BCUT2D eigenvalue weighted by atomic mass is 32.2. The van der Waals surface area contributed by atoms with Crippen LogP contribution in [0.1, 0.15) is 59.2 Å². The van der Waals surface area contributed by atoms with Crippen LogP contribution in [0.4, 0.5) is 0 Å². The second-order valence-electron chi connectivity index (χ2n) is 7.23. The van der Waals surface area contributed by atoms with Crippen molar-refractivity contribution in [1.29, 1.82) is 0 Å². The largest absolute Gasteiger partial charge is 0.504 e. The van der Waals surface area contributed by atoms with E-state index in [0.29, 0.717) is 11.6 Å². The lowest BCUT2D eigenvalue weighted by atomic mass is 9.95. The molecule has 0 saturated heterocycles. The van der Waals surface area contributed by atoms with Crippen LogP contribution < -0.4 is 0 Å². The maximum Gasteiger partial charge on any atom is 0.191 e. The van der Waals surface area contributed by atoms with E-state index in [2.05, 4.69) is 26.2 Å². The number of hydrogen-bond acceptors (Lipinski definition) is 7. The van der Waals surface area contributed by atoms with E-state index in [9.17, 15) is 15.0 Å². The molecule has 2 aromatic heterocycles. The van der Waals surface area contributed by atoms with E-state index in [4.69, 9.17) is 0 Å². The number of phenolic OH excluding ortho intramolecular Hbond substituents is 2. The summed E-state index contributed by atoms with van der Waals surface area (Å²) < 4.78 is 2.24. The summed E-state index contributed by atoms with van der Waals surface area (Å²) >= 11 is 3.10. The van der Waals surface area contributed by atoms with Gasteiger partial charge in [-0.15, -0.1) is 21.5 Å². The Balaban J connectivity index is 1.53. The number of rotatable bonds is 7. The molecule has 1 aromatic carbocycles. The van der Waals surface area contributed by atoms with Crippen molar-refractivity contribution in [2.24, 2.45) is 0 Å². The van der Waals surface area contributed by atoms with E-state index in [0.717, 1.165) is 30.2 Å². The normalized spacial score (nSPS) is 14.9. The summed E-state index contributed by atoms with van der Waals surface area (Å²) in [7, 11) is 0. The number of hydrogen-bond donors (Lipinski definition) is 2. The minimum atomic E-state index is -0.288. The number of aromatic hydroxyl groups is 2. The van der Waals surface area contributed by atoms with Crippen LogP contribution in [0.25, 0.3) is 0 Å². The maximum absolute atomic E-state index is 12.6. The highest BCUT2D eigenvalue weighted by Crippen LogP contribution is 2.34. The fraction of sp³-hybridized carbons (Fsp3) is 0.381. The number of benzene rings is 1. The zero-order valence-corrected chi connectivity index (χ0v) is 17.6. The molecule has 152 valence electrons. The number of aromatic nitrogens is 3. The topological polar surface area (TPSA) is 88.2 Å². The van der Waals surface area contributed by atoms with Crippen molar-refractivity contribution in [3.05, 3.63) is 52.0 Å². The standard InChI is InChI=1S/C21H23N3O3S2/c25-17-9-8-14(11-18(17)26)19(27)13-29-21-23-22-20(12-16-7-4-10-28-16)24(21)15-5-2-1-3-6-15/h4,7-11,15,25-26H,1-3,5-6,12-13H2. The van der Waals surface area contributed by atoms with E-state index in [1.807, 2.05) is 6.07 Å². The highest BCUT2D eigenvalue weighted by Gasteiger charge is 2.24. The third-order valence-electron chi connectivity index (χ3n) is 5.22. The predicted octanol–water partition coefficient (Wildman–Crippen LogP) is 4.82. The van der Waals surface area contributed by atoms with Crippen molar-refractivity contribution < 1.29 is 15.0 Å². The van der Waals surface area contributed by atoms with Crippen LogP contribution in [0.2, 0.25) is 0 Å². The average Bonchev–Trinajstić information content (AvgIpc) is 3.39. The summed E-state index contributed by atoms with van der Waals surface area (Å²) in [5.41, 5.74) is 0.371. The Morgan fingerprint density at radius 3 is 2.69 bits per heavy atom. The SMILES string of the molecule is O=C(CSc1nnc(Cc2cccs2)n1C1CCCCC1)c1ccc(O)c(O)c1. The van der Waals surface area contributed by atoms with Gasteiger partial charge in [-0.2, -0.15) is 0 Å². The van der Waals surface area contributed by atoms with E-state index in [1.54, 1.807) is 11.3 Å². The van der Waals surface area contributed by atoms with Crippen LogP contribution >= 0.6 is 23.1 Å². The molecule has 0 amide bonds. The molecule has 0 aliphatic heterocycles. The quantitative estimate of drug-likeness (QED) is 0.318. The van der Waals surface area contributed by atoms with Crippen molar-refractivity contribution in [3.8, 4) is 11.5 Å². The van der Waals surface area contributed by atoms with Gasteiger partial charge in [-0.3, -0.25) is 4.79 Å². The molecular weight excluding hydrogens is 406 g/mol. The molecule has 0 unspecified atom stereocenters. The monoisotopic (exact) mass is 429 g/mol. The van der Waals surface area contributed by atoms with Crippen molar-refractivity contribution in [3.63, 3.8) is 0 Å². The molecule has 0 radical (unpaired) electrons. The lowest BCUT2D eigenvalue weighted by molar-refractivity contribution is 0.102. The number of thiophene rings is 1. The number of nitrogens with zero attached hydrogens (tertiary/aromatic N) is 3. The molecule has 4 rings (SSSR count). The molecule has 0 atom stereocenters. The third kappa shape index (κ3) is 4.64. The molecule has 3 aromatic rings. The Labute approximate surface area is 177 Å². The van der Waals surface area contributed by atoms with E-state index in [-0.39, 0.29) is 23.0 Å². The maximum atomic E-state index is 12.6. The fourth-order valence-corrected chi connectivity index (χ4v) is 5.33. The number of carbonyl (C=O) groups is 1. The molecule has 2 N–H and O–H groups in total. The Morgan fingerprint density at radius 2 is 1.97 bits per heavy atom. The van der Waals surface area contributed by atoms with Crippen molar-refractivity contribution >= 4 is 28.9 Å². The zero-order chi connectivity index (χ0) is 20.2. The van der Waals surface area contributed by atoms with Gasteiger partial charge in [-0.25, -0.2) is 0 Å². The minimum absolute atomic E-state index is 0.122. The molecule has 1 saturated carbocycles. The Hall–Kier alpha value is -2.32. The molecule has 0 spiro atoms. The van der Waals surface area contributed by atoms with Crippen LogP contribution in [0, 0.1) is 0 Å². The van der Waals surface area contributed by atoms with Crippen LogP contribution in [-0.2, 0) is 6.42 Å². The van der Waals surface area contributed by atoms with Gasteiger partial charge >= 0.3 is 0 Å². The van der Waals surface area contributed by atoms with Crippen LogP contribution in [0.5, 0.6) is 11.5 Å².